The molecule has 0 aliphatic rings. The number of nitrogens with one attached hydrogen (secondary N) is 1. The van der Waals surface area contributed by atoms with Crippen LogP contribution >= 0.6 is 15.9 Å². The SMILES string of the molecule is FC(F)(F)c1ccc(Nc2ncncc2Br)cc1. The van der Waals surface area contributed by atoms with Crippen LogP contribution < -0.4 is 5.32 Å². The third-order valence-corrected chi connectivity index (χ3v) is 2.72. The van der Waals surface area contributed by atoms with E-state index in [1.54, 1.807) is 6.20 Å². The molecule has 0 bridgehead atoms. The number of hydrogen-bond acceptors (Lipinski definition) is 3. The lowest BCUT2D eigenvalue weighted by molar-refractivity contribution is -0.137. The fourth-order valence-electron chi connectivity index (χ4n) is 1.28. The highest BCUT2D eigenvalue weighted by molar-refractivity contribution is 9.10. The van der Waals surface area contributed by atoms with Gasteiger partial charge in [-0.25, -0.2) is 9.97 Å². The molecule has 3 nitrogen and oxygen atoms in total. The van der Waals surface area contributed by atoms with Crippen molar-refractivity contribution in [3.8, 4) is 0 Å². The first kappa shape index (κ1) is 12.8. The van der Waals surface area contributed by atoms with E-state index in [2.05, 4.69) is 31.2 Å². The van der Waals surface area contributed by atoms with E-state index in [0.29, 0.717) is 16.0 Å². The van der Waals surface area contributed by atoms with Crippen LogP contribution in [0.5, 0.6) is 0 Å². The van der Waals surface area contributed by atoms with Crippen molar-refractivity contribution >= 4 is 27.4 Å². The lowest BCUT2D eigenvalue weighted by Gasteiger charge is -2.09. The molecule has 1 aromatic heterocycles. The zero-order chi connectivity index (χ0) is 13.2. The predicted molar refractivity (Wildman–Crippen MR) is 64.5 cm³/mol. The average Bonchev–Trinajstić information content (AvgIpc) is 2.32. The Bertz CT molecular complexity index is 540. The Kier molecular flexibility index (Phi) is 3.51. The molecule has 94 valence electrons. The van der Waals surface area contributed by atoms with E-state index in [4.69, 9.17) is 0 Å². The molecule has 0 saturated carbocycles. The first-order valence-corrected chi connectivity index (χ1v) is 5.66. The molecule has 7 heteroatoms. The maximum absolute atomic E-state index is 12.4. The van der Waals surface area contributed by atoms with Gasteiger partial charge in [0, 0.05) is 11.9 Å². The second-order valence-electron chi connectivity index (χ2n) is 3.42. The Morgan fingerprint density at radius 2 is 1.78 bits per heavy atom. The molecule has 0 spiro atoms. The molecular formula is C11H7BrF3N3. The van der Waals surface area contributed by atoms with Gasteiger partial charge in [0.25, 0.3) is 0 Å². The highest BCUT2D eigenvalue weighted by Crippen LogP contribution is 2.30. The van der Waals surface area contributed by atoms with Crippen molar-refractivity contribution in [3.63, 3.8) is 0 Å². The minimum atomic E-state index is -4.33. The third kappa shape index (κ3) is 2.98. The van der Waals surface area contributed by atoms with Crippen LogP contribution in [-0.4, -0.2) is 9.97 Å². The predicted octanol–water partition coefficient (Wildman–Crippen LogP) is 4.00. The van der Waals surface area contributed by atoms with Crippen LogP contribution in [0.25, 0.3) is 0 Å². The Balaban J connectivity index is 2.19. The molecule has 0 fully saturated rings. The molecule has 0 aliphatic carbocycles. The minimum absolute atomic E-state index is 0.491. The topological polar surface area (TPSA) is 37.8 Å². The number of halogens is 4. The largest absolute Gasteiger partial charge is 0.416 e. The summed E-state index contributed by atoms with van der Waals surface area (Å²) in [5.41, 5.74) is -0.169. The number of hydrogen-bond donors (Lipinski definition) is 1. The van der Waals surface area contributed by atoms with E-state index in [-0.39, 0.29) is 0 Å². The zero-order valence-electron chi connectivity index (χ0n) is 8.87. The van der Waals surface area contributed by atoms with Crippen molar-refractivity contribution in [1.29, 1.82) is 0 Å². The Morgan fingerprint density at radius 3 is 2.33 bits per heavy atom. The van der Waals surface area contributed by atoms with Gasteiger partial charge in [0.2, 0.25) is 0 Å². The molecular weight excluding hydrogens is 311 g/mol. The van der Waals surface area contributed by atoms with Gasteiger partial charge in [-0.05, 0) is 40.2 Å². The molecule has 18 heavy (non-hydrogen) atoms. The van der Waals surface area contributed by atoms with Crippen LogP contribution in [-0.2, 0) is 6.18 Å². The Morgan fingerprint density at radius 1 is 1.11 bits per heavy atom. The smallest absolute Gasteiger partial charge is 0.339 e. The Labute approximate surface area is 109 Å². The number of alkyl halides is 3. The number of benzene rings is 1. The fourth-order valence-corrected chi connectivity index (χ4v) is 1.60. The zero-order valence-corrected chi connectivity index (χ0v) is 10.5. The highest BCUT2D eigenvalue weighted by Gasteiger charge is 2.29. The van der Waals surface area contributed by atoms with Crippen molar-refractivity contribution in [2.75, 3.05) is 5.32 Å². The molecule has 0 aliphatic heterocycles. The molecule has 2 aromatic rings. The summed E-state index contributed by atoms with van der Waals surface area (Å²) in [6.07, 6.45) is -1.44. The minimum Gasteiger partial charge on any atom is -0.339 e. The lowest BCUT2D eigenvalue weighted by Crippen LogP contribution is -2.04. The van der Waals surface area contributed by atoms with E-state index in [1.165, 1.54) is 18.5 Å². The molecule has 1 N–H and O–H groups in total. The third-order valence-electron chi connectivity index (χ3n) is 2.14. The van der Waals surface area contributed by atoms with Gasteiger partial charge in [0.15, 0.2) is 0 Å². The van der Waals surface area contributed by atoms with Crippen LogP contribution in [0.1, 0.15) is 5.56 Å². The number of nitrogens with zero attached hydrogens (tertiary/aromatic N) is 2. The van der Waals surface area contributed by atoms with Crippen LogP contribution in [0, 0.1) is 0 Å². The average molecular weight is 318 g/mol. The summed E-state index contributed by atoms with van der Waals surface area (Å²) in [6.45, 7) is 0. The second-order valence-corrected chi connectivity index (χ2v) is 4.27. The summed E-state index contributed by atoms with van der Waals surface area (Å²) in [5, 5.41) is 2.89. The molecule has 0 amide bonds. The quantitative estimate of drug-likeness (QED) is 0.909. The molecule has 0 saturated heterocycles. The van der Waals surface area contributed by atoms with Gasteiger partial charge < -0.3 is 5.32 Å². The standard InChI is InChI=1S/C11H7BrF3N3/c12-9-5-16-6-17-10(9)18-8-3-1-7(2-4-8)11(13,14)15/h1-6H,(H,16,17,18). The maximum Gasteiger partial charge on any atom is 0.416 e. The van der Waals surface area contributed by atoms with E-state index < -0.39 is 11.7 Å². The van der Waals surface area contributed by atoms with Crippen LogP contribution in [0.4, 0.5) is 24.7 Å². The van der Waals surface area contributed by atoms with Gasteiger partial charge in [-0.1, -0.05) is 0 Å². The van der Waals surface area contributed by atoms with E-state index in [9.17, 15) is 13.2 Å². The van der Waals surface area contributed by atoms with Gasteiger partial charge >= 0.3 is 6.18 Å². The molecule has 0 unspecified atom stereocenters. The summed E-state index contributed by atoms with van der Waals surface area (Å²) >= 11 is 3.23. The first-order chi connectivity index (χ1) is 8.47. The van der Waals surface area contributed by atoms with Gasteiger partial charge in [-0.2, -0.15) is 13.2 Å². The van der Waals surface area contributed by atoms with Gasteiger partial charge in [0.1, 0.15) is 12.1 Å². The first-order valence-electron chi connectivity index (χ1n) is 4.86. The number of aromatic nitrogens is 2. The molecule has 2 rings (SSSR count). The summed E-state index contributed by atoms with van der Waals surface area (Å²) < 4.78 is 37.7. The lowest BCUT2D eigenvalue weighted by atomic mass is 10.2. The van der Waals surface area contributed by atoms with Crippen LogP contribution in [0.2, 0.25) is 0 Å². The van der Waals surface area contributed by atoms with E-state index >= 15 is 0 Å². The highest BCUT2D eigenvalue weighted by atomic mass is 79.9. The summed E-state index contributed by atoms with van der Waals surface area (Å²) in [5.74, 6) is 0.491. The van der Waals surface area contributed by atoms with E-state index in [1.807, 2.05) is 0 Å². The normalized spacial score (nSPS) is 11.3. The van der Waals surface area contributed by atoms with Crippen molar-refractivity contribution in [2.45, 2.75) is 6.18 Å². The maximum atomic E-state index is 12.4. The van der Waals surface area contributed by atoms with Crippen LogP contribution in [0.15, 0.2) is 41.3 Å². The van der Waals surface area contributed by atoms with Crippen molar-refractivity contribution in [1.82, 2.24) is 9.97 Å². The summed E-state index contributed by atoms with van der Waals surface area (Å²) in [6, 6.07) is 4.71. The summed E-state index contributed by atoms with van der Waals surface area (Å²) in [7, 11) is 0. The number of rotatable bonds is 2. The Hall–Kier alpha value is -1.63. The molecule has 1 heterocycles. The van der Waals surface area contributed by atoms with E-state index in [0.717, 1.165) is 12.1 Å². The van der Waals surface area contributed by atoms with Crippen molar-refractivity contribution < 1.29 is 13.2 Å². The van der Waals surface area contributed by atoms with Crippen molar-refractivity contribution in [2.24, 2.45) is 0 Å². The van der Waals surface area contributed by atoms with Gasteiger partial charge in [0.05, 0.1) is 10.0 Å². The number of anilines is 2. The molecule has 0 atom stereocenters. The van der Waals surface area contributed by atoms with Gasteiger partial charge in [-0.15, -0.1) is 0 Å². The summed E-state index contributed by atoms with van der Waals surface area (Å²) in [4.78, 5) is 7.74. The molecule has 1 aromatic carbocycles. The second kappa shape index (κ2) is 4.93. The monoisotopic (exact) mass is 317 g/mol. The van der Waals surface area contributed by atoms with Crippen molar-refractivity contribution in [3.05, 3.63) is 46.8 Å². The molecule has 0 radical (unpaired) electrons. The fraction of sp³-hybridized carbons (Fsp3) is 0.0909. The van der Waals surface area contributed by atoms with Gasteiger partial charge in [-0.3, -0.25) is 0 Å². The van der Waals surface area contributed by atoms with Crippen LogP contribution in [0.3, 0.4) is 0 Å².